The van der Waals surface area contributed by atoms with Crippen LogP contribution in [0.5, 0.6) is 0 Å². The highest BCUT2D eigenvalue weighted by molar-refractivity contribution is 5.74. The molecule has 0 radical (unpaired) electrons. The largest absolute Gasteiger partial charge is 0.458 e. The Morgan fingerprint density at radius 2 is 1.97 bits per heavy atom. The first kappa shape index (κ1) is 21.1. The van der Waals surface area contributed by atoms with E-state index in [1.54, 1.807) is 27.7 Å². The molecular weight excluding hydrogens is 389 g/mol. The second-order valence-electron chi connectivity index (χ2n) is 8.11. The van der Waals surface area contributed by atoms with Crippen molar-refractivity contribution in [2.24, 2.45) is 0 Å². The van der Waals surface area contributed by atoms with E-state index in [0.29, 0.717) is 30.7 Å². The first-order chi connectivity index (χ1) is 13.4. The second kappa shape index (κ2) is 7.31. The van der Waals surface area contributed by atoms with Crippen LogP contribution in [0, 0.1) is 0 Å². The van der Waals surface area contributed by atoms with Crippen molar-refractivity contribution in [1.29, 1.82) is 0 Å². The fourth-order valence-electron chi connectivity index (χ4n) is 3.31. The van der Waals surface area contributed by atoms with Crippen LogP contribution in [-0.2, 0) is 22.1 Å². The first-order valence-electron chi connectivity index (χ1n) is 9.34. The van der Waals surface area contributed by atoms with Crippen molar-refractivity contribution >= 4 is 5.97 Å². The summed E-state index contributed by atoms with van der Waals surface area (Å²) in [5.74, 6) is -0.0345. The van der Waals surface area contributed by atoms with Gasteiger partial charge in [-0.3, -0.25) is 9.55 Å². The van der Waals surface area contributed by atoms with Gasteiger partial charge >= 0.3 is 17.8 Å². The zero-order valence-corrected chi connectivity index (χ0v) is 16.7. The van der Waals surface area contributed by atoms with E-state index in [9.17, 15) is 22.8 Å². The summed E-state index contributed by atoms with van der Waals surface area (Å²) < 4.78 is 46.1. The van der Waals surface area contributed by atoms with E-state index in [1.165, 1.54) is 15.3 Å². The van der Waals surface area contributed by atoms with Gasteiger partial charge in [-0.2, -0.15) is 18.3 Å². The first-order valence-corrected chi connectivity index (χ1v) is 9.34. The number of rotatable bonds is 3. The number of ether oxygens (including phenoxy) is 1. The average molecular weight is 412 g/mol. The maximum atomic E-state index is 13.0. The molecule has 2 atom stereocenters. The summed E-state index contributed by atoms with van der Waals surface area (Å²) in [7, 11) is 0. The number of hydrogen-bond donors (Lipinski definition) is 0. The molecule has 0 amide bonds. The van der Waals surface area contributed by atoms with Crippen molar-refractivity contribution in [2.45, 2.75) is 70.8 Å². The fraction of sp³-hybridized carbons (Fsp3) is 0.579. The molecule has 0 bridgehead atoms. The number of alkyl halides is 3. The van der Waals surface area contributed by atoms with Gasteiger partial charge in [0.25, 0.3) is 0 Å². The van der Waals surface area contributed by atoms with Crippen LogP contribution in [0.25, 0.3) is 0 Å². The zero-order valence-electron chi connectivity index (χ0n) is 16.7. The lowest BCUT2D eigenvalue weighted by atomic mass is 10.0. The highest BCUT2D eigenvalue weighted by atomic mass is 19.4. The number of halogens is 3. The zero-order chi connectivity index (χ0) is 21.6. The Hall–Kier alpha value is -2.65. The Labute approximate surface area is 165 Å². The van der Waals surface area contributed by atoms with Gasteiger partial charge in [0.1, 0.15) is 23.2 Å². The van der Waals surface area contributed by atoms with Crippen LogP contribution in [0.4, 0.5) is 13.2 Å². The smallest absolute Gasteiger partial charge is 0.433 e. The molecule has 0 N–H and O–H groups in total. The molecule has 3 rings (SSSR count). The lowest BCUT2D eigenvalue weighted by Gasteiger charge is -2.26. The molecule has 0 saturated carbocycles. The molecular formula is C19H23F3N4O3. The van der Waals surface area contributed by atoms with Crippen molar-refractivity contribution in [3.8, 4) is 0 Å². The molecule has 0 saturated heterocycles. The summed E-state index contributed by atoms with van der Waals surface area (Å²) in [4.78, 5) is 29.0. The molecule has 29 heavy (non-hydrogen) atoms. The third kappa shape index (κ3) is 4.35. The highest BCUT2D eigenvalue weighted by Crippen LogP contribution is 2.29. The Morgan fingerprint density at radius 3 is 2.52 bits per heavy atom. The van der Waals surface area contributed by atoms with Crippen LogP contribution in [0.15, 0.2) is 23.1 Å². The molecule has 0 aromatic carbocycles. The number of carbonyl (C=O) groups excluding carboxylic acids is 1. The lowest BCUT2D eigenvalue weighted by Crippen LogP contribution is -2.38. The Bertz CT molecular complexity index is 955. The highest BCUT2D eigenvalue weighted by Gasteiger charge is 2.35. The van der Waals surface area contributed by atoms with Crippen LogP contribution in [0.2, 0.25) is 0 Å². The quantitative estimate of drug-likeness (QED) is 0.723. The number of aromatic nitrogens is 4. The standard InChI is InChI=1S/C19H23F3N4O3/c1-11(12-8-9-14(23-10-12)19(20,21)22)26-17(28)25-13(6-5-7-15(25)24-26)16(27)29-18(2,3)4/h8-11,13H,5-7H2,1-4H3/t11-,13+/m1/s1. The number of carbonyl (C=O) groups is 1. The van der Waals surface area contributed by atoms with Crippen molar-refractivity contribution in [2.75, 3.05) is 0 Å². The van der Waals surface area contributed by atoms with Gasteiger partial charge in [-0.15, -0.1) is 0 Å². The van der Waals surface area contributed by atoms with Gasteiger partial charge in [-0.05, 0) is 52.2 Å². The van der Waals surface area contributed by atoms with Gasteiger partial charge in [0.15, 0.2) is 0 Å². The summed E-state index contributed by atoms with van der Waals surface area (Å²) >= 11 is 0. The van der Waals surface area contributed by atoms with Crippen molar-refractivity contribution in [3.63, 3.8) is 0 Å². The van der Waals surface area contributed by atoms with Gasteiger partial charge in [-0.1, -0.05) is 6.07 Å². The summed E-state index contributed by atoms with van der Waals surface area (Å²) in [6, 6.07) is 0.735. The van der Waals surface area contributed by atoms with Crippen LogP contribution >= 0.6 is 0 Å². The van der Waals surface area contributed by atoms with E-state index in [2.05, 4.69) is 10.1 Å². The van der Waals surface area contributed by atoms with Gasteiger partial charge in [-0.25, -0.2) is 14.3 Å². The number of aryl methyl sites for hydroxylation is 1. The summed E-state index contributed by atoms with van der Waals surface area (Å²) in [5, 5.41) is 4.34. The number of esters is 1. The monoisotopic (exact) mass is 412 g/mol. The van der Waals surface area contributed by atoms with E-state index in [4.69, 9.17) is 4.74 Å². The van der Waals surface area contributed by atoms with Crippen molar-refractivity contribution in [3.05, 3.63) is 45.9 Å². The average Bonchev–Trinajstić information content (AvgIpc) is 2.96. The maximum Gasteiger partial charge on any atom is 0.433 e. The summed E-state index contributed by atoms with van der Waals surface area (Å²) in [6.07, 6.45) is -1.78. The van der Waals surface area contributed by atoms with E-state index >= 15 is 0 Å². The fourth-order valence-corrected chi connectivity index (χ4v) is 3.31. The molecule has 3 heterocycles. The minimum absolute atomic E-state index is 0.407. The molecule has 2 aromatic rings. The molecule has 10 heteroatoms. The molecule has 0 unspecified atom stereocenters. The van der Waals surface area contributed by atoms with Crippen LogP contribution in [-0.4, -0.2) is 30.9 Å². The molecule has 1 aliphatic rings. The van der Waals surface area contributed by atoms with Gasteiger partial charge < -0.3 is 4.74 Å². The van der Waals surface area contributed by atoms with E-state index in [0.717, 1.165) is 12.3 Å². The topological polar surface area (TPSA) is 79.0 Å². The molecule has 0 fully saturated rings. The van der Waals surface area contributed by atoms with Crippen LogP contribution in [0.1, 0.15) is 69.7 Å². The van der Waals surface area contributed by atoms with Gasteiger partial charge in [0.2, 0.25) is 0 Å². The summed E-state index contributed by atoms with van der Waals surface area (Å²) in [5.41, 5.74) is -1.78. The molecule has 0 aliphatic carbocycles. The molecule has 1 aliphatic heterocycles. The third-order valence-corrected chi connectivity index (χ3v) is 4.70. The van der Waals surface area contributed by atoms with Crippen molar-refractivity contribution in [1.82, 2.24) is 19.3 Å². The van der Waals surface area contributed by atoms with Gasteiger partial charge in [0.05, 0.1) is 6.04 Å². The minimum Gasteiger partial charge on any atom is -0.458 e. The second-order valence-corrected chi connectivity index (χ2v) is 8.11. The van der Waals surface area contributed by atoms with Gasteiger partial charge in [0, 0.05) is 12.6 Å². The molecule has 0 spiro atoms. The Kier molecular flexibility index (Phi) is 5.31. The molecule has 2 aromatic heterocycles. The number of fused-ring (bicyclic) bond motifs is 1. The predicted octanol–water partition coefficient (Wildman–Crippen LogP) is 3.29. The number of nitrogens with zero attached hydrogens (tertiary/aromatic N) is 4. The van der Waals surface area contributed by atoms with Crippen molar-refractivity contribution < 1.29 is 22.7 Å². The number of pyridine rings is 1. The maximum absolute atomic E-state index is 13.0. The Balaban J connectivity index is 1.93. The van der Waals surface area contributed by atoms with E-state index in [-0.39, 0.29) is 0 Å². The number of hydrogen-bond acceptors (Lipinski definition) is 5. The molecule has 158 valence electrons. The lowest BCUT2D eigenvalue weighted by molar-refractivity contribution is -0.159. The van der Waals surface area contributed by atoms with Crippen LogP contribution in [0.3, 0.4) is 0 Å². The predicted molar refractivity (Wildman–Crippen MR) is 97.4 cm³/mol. The van der Waals surface area contributed by atoms with Crippen LogP contribution < -0.4 is 5.69 Å². The molecule has 7 nitrogen and oxygen atoms in total. The minimum atomic E-state index is -4.53. The SMILES string of the molecule is C[C@H](c1ccc(C(F)(F)F)nc1)n1nc2n(c1=O)[C@H](C(=O)OC(C)(C)C)CCC2. The van der Waals surface area contributed by atoms with E-state index < -0.39 is 41.2 Å². The normalized spacial score (nSPS) is 18.2. The summed E-state index contributed by atoms with van der Waals surface area (Å²) in [6.45, 7) is 6.90. The Morgan fingerprint density at radius 1 is 1.28 bits per heavy atom. The third-order valence-electron chi connectivity index (χ3n) is 4.70. The van der Waals surface area contributed by atoms with E-state index in [1.807, 2.05) is 0 Å².